The molecule has 0 fully saturated rings. The summed E-state index contributed by atoms with van der Waals surface area (Å²) >= 11 is 0. The number of benzene rings is 6. The summed E-state index contributed by atoms with van der Waals surface area (Å²) in [6, 6.07) is 46.7. The smallest absolute Gasteiger partial charge is 0.227 e. The van der Waals surface area contributed by atoms with Crippen molar-refractivity contribution < 1.29 is 8.83 Å². The van der Waals surface area contributed by atoms with E-state index in [1.165, 1.54) is 22.3 Å². The fraction of sp³-hybridized carbons (Fsp3) is 0.0682. The third-order valence-corrected chi connectivity index (χ3v) is 9.84. The monoisotopic (exact) mass is 659 g/mol. The van der Waals surface area contributed by atoms with Gasteiger partial charge < -0.3 is 8.83 Å². The molecule has 0 saturated heterocycles. The van der Waals surface area contributed by atoms with Crippen molar-refractivity contribution in [2.24, 2.45) is 0 Å². The minimum absolute atomic E-state index is 0.151. The molecule has 0 spiro atoms. The summed E-state index contributed by atoms with van der Waals surface area (Å²) in [4.78, 5) is 24.5. The van der Waals surface area contributed by atoms with Crippen LogP contribution in [0.2, 0.25) is 0 Å². The summed E-state index contributed by atoms with van der Waals surface area (Å²) < 4.78 is 12.1. The molecule has 0 unspecified atom stereocenters. The van der Waals surface area contributed by atoms with Crippen LogP contribution >= 0.6 is 0 Å². The van der Waals surface area contributed by atoms with Crippen molar-refractivity contribution in [3.05, 3.63) is 151 Å². The van der Waals surface area contributed by atoms with Crippen molar-refractivity contribution in [3.8, 4) is 68.2 Å². The highest BCUT2D eigenvalue weighted by molar-refractivity contribution is 5.83. The molecule has 0 bridgehead atoms. The van der Waals surface area contributed by atoms with E-state index in [2.05, 4.69) is 66.3 Å². The van der Waals surface area contributed by atoms with Crippen LogP contribution in [0.15, 0.2) is 148 Å². The topological polar surface area (TPSA) is 90.7 Å². The predicted octanol–water partition coefficient (Wildman–Crippen LogP) is 10.8. The molecular formula is C44H29N5O2. The van der Waals surface area contributed by atoms with E-state index in [4.69, 9.17) is 23.8 Å². The van der Waals surface area contributed by atoms with Crippen molar-refractivity contribution in [3.63, 3.8) is 0 Å². The molecule has 0 saturated carbocycles. The van der Waals surface area contributed by atoms with E-state index in [1.807, 2.05) is 97.1 Å². The Balaban J connectivity index is 1.07. The van der Waals surface area contributed by atoms with Crippen molar-refractivity contribution >= 4 is 22.2 Å². The summed E-state index contributed by atoms with van der Waals surface area (Å²) in [7, 11) is 0. The van der Waals surface area contributed by atoms with E-state index >= 15 is 0 Å². The molecule has 0 radical (unpaired) electrons. The Kier molecular flexibility index (Phi) is 6.39. The molecule has 9 aromatic rings. The van der Waals surface area contributed by atoms with Gasteiger partial charge in [-0.25, -0.2) is 24.9 Å². The van der Waals surface area contributed by atoms with Gasteiger partial charge in [0.05, 0.1) is 0 Å². The average Bonchev–Trinajstić information content (AvgIpc) is 3.88. The van der Waals surface area contributed by atoms with Crippen LogP contribution in [-0.2, 0) is 5.41 Å². The number of para-hydroxylation sites is 4. The van der Waals surface area contributed by atoms with E-state index in [1.54, 1.807) is 0 Å². The van der Waals surface area contributed by atoms with Crippen LogP contribution in [0.5, 0.6) is 0 Å². The predicted molar refractivity (Wildman–Crippen MR) is 200 cm³/mol. The highest BCUT2D eigenvalue weighted by Gasteiger charge is 2.35. The fourth-order valence-electron chi connectivity index (χ4n) is 7.12. The van der Waals surface area contributed by atoms with Crippen LogP contribution < -0.4 is 0 Å². The molecule has 1 aliphatic carbocycles. The third kappa shape index (κ3) is 4.85. The first-order chi connectivity index (χ1) is 25.0. The highest BCUT2D eigenvalue weighted by atomic mass is 16.4. The number of hydrogen-bond donors (Lipinski definition) is 0. The van der Waals surface area contributed by atoms with Gasteiger partial charge in [-0.2, -0.15) is 0 Å². The molecule has 0 aliphatic heterocycles. The van der Waals surface area contributed by atoms with E-state index in [-0.39, 0.29) is 5.41 Å². The molecule has 3 heterocycles. The molecule has 1 aliphatic rings. The molecule has 7 nitrogen and oxygen atoms in total. The Bertz CT molecular complexity index is 2580. The molecule has 10 rings (SSSR count). The van der Waals surface area contributed by atoms with Crippen LogP contribution in [0, 0.1) is 0 Å². The second kappa shape index (κ2) is 11.1. The van der Waals surface area contributed by atoms with Crippen molar-refractivity contribution in [1.82, 2.24) is 24.9 Å². The van der Waals surface area contributed by atoms with Crippen molar-refractivity contribution in [2.45, 2.75) is 19.3 Å². The molecule has 0 N–H and O–H groups in total. The van der Waals surface area contributed by atoms with Crippen molar-refractivity contribution in [2.75, 3.05) is 0 Å². The van der Waals surface area contributed by atoms with Gasteiger partial charge in [-0.15, -0.1) is 0 Å². The van der Waals surface area contributed by atoms with Crippen LogP contribution in [0.1, 0.15) is 25.0 Å². The van der Waals surface area contributed by atoms with Crippen LogP contribution in [0.3, 0.4) is 0 Å². The van der Waals surface area contributed by atoms with Crippen LogP contribution in [-0.4, -0.2) is 24.9 Å². The first kappa shape index (κ1) is 29.2. The molecular weight excluding hydrogens is 631 g/mol. The molecule has 51 heavy (non-hydrogen) atoms. The SMILES string of the molecule is CC1(C)c2ccccc2-c2ccc(-c3nc(-c4ccc(-c5nc6ccccc6o5)cc4)nc(-c4ccc(-c5nc6ccccc6o5)cc4)n3)cc21. The Morgan fingerprint density at radius 1 is 0.392 bits per heavy atom. The van der Waals surface area contributed by atoms with E-state index in [9.17, 15) is 0 Å². The zero-order valence-electron chi connectivity index (χ0n) is 27.8. The standard InChI is InChI=1S/C44H29N5O2/c1-44(2)33-10-4-3-9-31(33)32-24-23-30(25-34(32)44)41-48-39(26-15-19-28(20-16-26)42-45-35-11-5-7-13-37(35)50-42)47-40(49-41)27-17-21-29(22-18-27)43-46-36-12-6-8-14-38(36)51-43/h3-25H,1-2H3. The lowest BCUT2D eigenvalue weighted by molar-refractivity contribution is 0.619. The van der Waals surface area contributed by atoms with Gasteiger partial charge in [0.15, 0.2) is 28.6 Å². The second-order valence-electron chi connectivity index (χ2n) is 13.4. The highest BCUT2D eigenvalue weighted by Crippen LogP contribution is 2.49. The first-order valence-electron chi connectivity index (χ1n) is 16.9. The fourth-order valence-corrected chi connectivity index (χ4v) is 7.12. The molecule has 0 atom stereocenters. The zero-order valence-corrected chi connectivity index (χ0v) is 27.8. The van der Waals surface area contributed by atoms with Gasteiger partial charge in [-0.3, -0.25) is 0 Å². The summed E-state index contributed by atoms with van der Waals surface area (Å²) in [6.45, 7) is 4.56. The lowest BCUT2D eigenvalue weighted by atomic mass is 9.82. The Hall–Kier alpha value is -6.73. The quantitative estimate of drug-likeness (QED) is 0.182. The molecule has 3 aromatic heterocycles. The number of aromatic nitrogens is 5. The number of oxazole rings is 2. The minimum Gasteiger partial charge on any atom is -0.436 e. The number of hydrogen-bond acceptors (Lipinski definition) is 7. The van der Waals surface area contributed by atoms with Crippen LogP contribution in [0.4, 0.5) is 0 Å². The van der Waals surface area contributed by atoms with Gasteiger partial charge in [-0.1, -0.05) is 98.8 Å². The maximum Gasteiger partial charge on any atom is 0.227 e. The Morgan fingerprint density at radius 3 is 1.37 bits per heavy atom. The largest absolute Gasteiger partial charge is 0.436 e. The maximum absolute atomic E-state index is 6.03. The molecule has 6 aromatic carbocycles. The minimum atomic E-state index is -0.151. The summed E-state index contributed by atoms with van der Waals surface area (Å²) in [5, 5.41) is 0. The van der Waals surface area contributed by atoms with E-state index < -0.39 is 0 Å². The average molecular weight is 660 g/mol. The molecule has 242 valence electrons. The van der Waals surface area contributed by atoms with Gasteiger partial charge in [-0.05, 0) is 76.9 Å². The number of fused-ring (bicyclic) bond motifs is 5. The summed E-state index contributed by atoms with van der Waals surface area (Å²) in [6.07, 6.45) is 0. The first-order valence-corrected chi connectivity index (χ1v) is 16.9. The maximum atomic E-state index is 6.03. The third-order valence-electron chi connectivity index (χ3n) is 9.84. The lowest BCUT2D eigenvalue weighted by Crippen LogP contribution is -2.15. The summed E-state index contributed by atoms with van der Waals surface area (Å²) in [5.41, 5.74) is 12.5. The zero-order chi connectivity index (χ0) is 34.1. The number of rotatable bonds is 5. The van der Waals surface area contributed by atoms with Gasteiger partial charge in [0.25, 0.3) is 0 Å². The normalized spacial score (nSPS) is 13.1. The van der Waals surface area contributed by atoms with E-state index in [0.29, 0.717) is 29.3 Å². The van der Waals surface area contributed by atoms with Gasteiger partial charge in [0.1, 0.15) is 11.0 Å². The van der Waals surface area contributed by atoms with Crippen LogP contribution in [0.25, 0.3) is 90.4 Å². The Labute approximate surface area is 293 Å². The summed E-state index contributed by atoms with van der Waals surface area (Å²) in [5.74, 6) is 2.90. The Morgan fingerprint density at radius 2 is 0.824 bits per heavy atom. The molecule has 0 amide bonds. The van der Waals surface area contributed by atoms with Gasteiger partial charge >= 0.3 is 0 Å². The van der Waals surface area contributed by atoms with E-state index in [0.717, 1.165) is 50.0 Å². The number of nitrogens with zero attached hydrogens (tertiary/aromatic N) is 5. The van der Waals surface area contributed by atoms with Gasteiger partial charge in [0.2, 0.25) is 11.8 Å². The lowest BCUT2D eigenvalue weighted by Gasteiger charge is -2.21. The molecule has 7 heteroatoms. The van der Waals surface area contributed by atoms with Gasteiger partial charge in [0, 0.05) is 33.2 Å². The second-order valence-corrected chi connectivity index (χ2v) is 13.4. The van der Waals surface area contributed by atoms with Crippen molar-refractivity contribution in [1.29, 1.82) is 0 Å².